The minimum Gasteiger partial charge on any atom is -0.338 e. The summed E-state index contributed by atoms with van der Waals surface area (Å²) in [6.45, 7) is 6.78. The molecule has 3 heteroatoms. The molecule has 0 aliphatic carbocycles. The van der Waals surface area contributed by atoms with E-state index in [0.29, 0.717) is 5.88 Å². The van der Waals surface area contributed by atoms with Gasteiger partial charge in [0.15, 0.2) is 0 Å². The predicted molar refractivity (Wildman–Crippen MR) is 59.5 cm³/mol. The Morgan fingerprint density at radius 2 is 2.07 bits per heavy atom. The lowest BCUT2D eigenvalue weighted by Gasteiger charge is -2.38. The van der Waals surface area contributed by atoms with Gasteiger partial charge in [0.1, 0.15) is 0 Å². The van der Waals surface area contributed by atoms with Gasteiger partial charge in [-0.15, -0.1) is 11.6 Å². The number of hydrogen-bond acceptors (Lipinski definition) is 1. The number of carbonyl (C=O) groups is 1. The highest BCUT2D eigenvalue weighted by Crippen LogP contribution is 2.25. The summed E-state index contributed by atoms with van der Waals surface area (Å²) in [5.41, 5.74) is -0.276. The Morgan fingerprint density at radius 3 is 2.57 bits per heavy atom. The molecular formula is C11H20ClNO. The third kappa shape index (κ3) is 2.63. The number of rotatable bonds is 1. The van der Waals surface area contributed by atoms with E-state index in [2.05, 4.69) is 0 Å². The number of halogens is 1. The normalized spacial score (nSPS) is 23.7. The maximum Gasteiger partial charge on any atom is 0.228 e. The van der Waals surface area contributed by atoms with E-state index in [1.165, 1.54) is 6.42 Å². The van der Waals surface area contributed by atoms with Gasteiger partial charge in [-0.05, 0) is 19.3 Å². The monoisotopic (exact) mass is 217 g/mol. The quantitative estimate of drug-likeness (QED) is 0.619. The molecule has 14 heavy (non-hydrogen) atoms. The Morgan fingerprint density at radius 1 is 1.43 bits per heavy atom. The van der Waals surface area contributed by atoms with Crippen molar-refractivity contribution in [1.82, 2.24) is 4.90 Å². The van der Waals surface area contributed by atoms with Crippen LogP contribution in [0.1, 0.15) is 40.0 Å². The van der Waals surface area contributed by atoms with Crippen LogP contribution in [0.4, 0.5) is 0 Å². The summed E-state index contributed by atoms with van der Waals surface area (Å²) in [5, 5.41) is 0. The summed E-state index contributed by atoms with van der Waals surface area (Å²) in [4.78, 5) is 14.0. The first-order valence-corrected chi connectivity index (χ1v) is 5.87. The number of carbonyl (C=O) groups excluding carboxylic acids is 1. The summed E-state index contributed by atoms with van der Waals surface area (Å²) in [6.07, 6.45) is 3.38. The molecule has 0 N–H and O–H groups in total. The summed E-state index contributed by atoms with van der Waals surface area (Å²) in [6, 6.07) is 0.261. The van der Waals surface area contributed by atoms with Crippen LogP contribution in [0.2, 0.25) is 0 Å². The molecule has 0 aromatic rings. The topological polar surface area (TPSA) is 20.3 Å². The van der Waals surface area contributed by atoms with E-state index in [4.69, 9.17) is 11.6 Å². The van der Waals surface area contributed by atoms with Crippen molar-refractivity contribution in [2.24, 2.45) is 5.41 Å². The van der Waals surface area contributed by atoms with Crippen molar-refractivity contribution in [2.45, 2.75) is 46.1 Å². The Bertz CT molecular complexity index is 210. The van der Waals surface area contributed by atoms with Crippen molar-refractivity contribution in [2.75, 3.05) is 12.4 Å². The van der Waals surface area contributed by atoms with Gasteiger partial charge in [-0.2, -0.15) is 0 Å². The minimum atomic E-state index is -0.276. The third-order valence-electron chi connectivity index (χ3n) is 2.71. The Hall–Kier alpha value is -0.240. The smallest absolute Gasteiger partial charge is 0.228 e. The van der Waals surface area contributed by atoms with Crippen LogP contribution in [-0.4, -0.2) is 29.3 Å². The van der Waals surface area contributed by atoms with Crippen molar-refractivity contribution in [3.05, 3.63) is 0 Å². The first-order valence-electron chi connectivity index (χ1n) is 5.34. The highest BCUT2D eigenvalue weighted by molar-refractivity contribution is 6.18. The largest absolute Gasteiger partial charge is 0.338 e. The van der Waals surface area contributed by atoms with Crippen LogP contribution >= 0.6 is 11.6 Å². The average molecular weight is 218 g/mol. The number of amides is 1. The minimum absolute atomic E-state index is 0.239. The maximum absolute atomic E-state index is 12.1. The highest BCUT2D eigenvalue weighted by Gasteiger charge is 2.32. The maximum atomic E-state index is 12.1. The fraction of sp³-hybridized carbons (Fsp3) is 0.909. The second kappa shape index (κ2) is 4.52. The second-order valence-corrected chi connectivity index (χ2v) is 5.36. The van der Waals surface area contributed by atoms with Crippen molar-refractivity contribution < 1.29 is 4.79 Å². The predicted octanol–water partition coefficient (Wildman–Crippen LogP) is 2.65. The fourth-order valence-electron chi connectivity index (χ4n) is 1.86. The van der Waals surface area contributed by atoms with E-state index in [-0.39, 0.29) is 17.4 Å². The van der Waals surface area contributed by atoms with Gasteiger partial charge in [0, 0.05) is 23.9 Å². The van der Waals surface area contributed by atoms with Gasteiger partial charge in [-0.1, -0.05) is 20.8 Å². The standard InChI is InChI=1S/C11H20ClNO/c1-11(2,3)10(14)13-7-5-4-6-9(13)8-12/h9H,4-8H2,1-3H3. The van der Waals surface area contributed by atoms with Crippen LogP contribution in [-0.2, 0) is 4.79 Å². The van der Waals surface area contributed by atoms with Crippen molar-refractivity contribution in [1.29, 1.82) is 0 Å². The third-order valence-corrected chi connectivity index (χ3v) is 3.06. The van der Waals surface area contributed by atoms with Gasteiger partial charge in [-0.25, -0.2) is 0 Å². The molecule has 1 saturated heterocycles. The molecule has 1 aliphatic rings. The number of alkyl halides is 1. The molecule has 1 fully saturated rings. The molecule has 1 rings (SSSR count). The van der Waals surface area contributed by atoms with E-state index >= 15 is 0 Å². The van der Waals surface area contributed by atoms with E-state index in [9.17, 15) is 4.79 Å². The van der Waals surface area contributed by atoms with Crippen LogP contribution in [0.3, 0.4) is 0 Å². The highest BCUT2D eigenvalue weighted by atomic mass is 35.5. The van der Waals surface area contributed by atoms with E-state index in [1.807, 2.05) is 25.7 Å². The molecule has 0 bridgehead atoms. The second-order valence-electron chi connectivity index (χ2n) is 5.05. The molecule has 1 amide bonds. The lowest BCUT2D eigenvalue weighted by atomic mass is 9.92. The number of piperidine rings is 1. The van der Waals surface area contributed by atoms with Gasteiger partial charge >= 0.3 is 0 Å². The first-order chi connectivity index (χ1) is 6.46. The zero-order valence-electron chi connectivity index (χ0n) is 9.35. The van der Waals surface area contributed by atoms with E-state index in [1.54, 1.807) is 0 Å². The molecule has 0 aromatic carbocycles. The summed E-state index contributed by atoms with van der Waals surface area (Å²) < 4.78 is 0. The Labute approximate surface area is 91.6 Å². The van der Waals surface area contributed by atoms with Gasteiger partial charge in [0.05, 0.1) is 0 Å². The Kier molecular flexibility index (Phi) is 3.82. The molecule has 82 valence electrons. The van der Waals surface area contributed by atoms with Crippen LogP contribution in [0, 0.1) is 5.41 Å². The zero-order valence-corrected chi connectivity index (χ0v) is 10.1. The van der Waals surface area contributed by atoms with Crippen molar-refractivity contribution in [3.63, 3.8) is 0 Å². The fourth-order valence-corrected chi connectivity index (χ4v) is 2.18. The van der Waals surface area contributed by atoms with Gasteiger partial charge in [0.25, 0.3) is 0 Å². The van der Waals surface area contributed by atoms with Gasteiger partial charge < -0.3 is 4.90 Å². The van der Waals surface area contributed by atoms with E-state index < -0.39 is 0 Å². The lowest BCUT2D eigenvalue weighted by molar-refractivity contribution is -0.142. The SMILES string of the molecule is CC(C)(C)C(=O)N1CCCCC1CCl. The molecule has 1 unspecified atom stereocenters. The summed E-state index contributed by atoms with van der Waals surface area (Å²) >= 11 is 5.88. The molecule has 0 saturated carbocycles. The molecule has 1 atom stereocenters. The summed E-state index contributed by atoms with van der Waals surface area (Å²) in [7, 11) is 0. The Balaban J connectivity index is 2.69. The molecule has 1 heterocycles. The van der Waals surface area contributed by atoms with E-state index in [0.717, 1.165) is 19.4 Å². The van der Waals surface area contributed by atoms with Crippen molar-refractivity contribution >= 4 is 17.5 Å². The molecule has 1 aliphatic heterocycles. The molecule has 2 nitrogen and oxygen atoms in total. The molecule has 0 spiro atoms. The van der Waals surface area contributed by atoms with Crippen LogP contribution in [0.25, 0.3) is 0 Å². The first kappa shape index (κ1) is 11.8. The van der Waals surface area contributed by atoms with Gasteiger partial charge in [-0.3, -0.25) is 4.79 Å². The summed E-state index contributed by atoms with van der Waals surface area (Å²) in [5.74, 6) is 0.810. The molecule has 0 radical (unpaired) electrons. The zero-order chi connectivity index (χ0) is 10.8. The molecule has 0 aromatic heterocycles. The van der Waals surface area contributed by atoms with Crippen LogP contribution in [0.15, 0.2) is 0 Å². The lowest BCUT2D eigenvalue weighted by Crippen LogP contribution is -2.49. The molecular weight excluding hydrogens is 198 g/mol. The van der Waals surface area contributed by atoms with Crippen LogP contribution in [0.5, 0.6) is 0 Å². The van der Waals surface area contributed by atoms with Crippen molar-refractivity contribution in [3.8, 4) is 0 Å². The number of likely N-dealkylation sites (tertiary alicyclic amines) is 1. The van der Waals surface area contributed by atoms with Crippen LogP contribution < -0.4 is 0 Å². The van der Waals surface area contributed by atoms with Gasteiger partial charge in [0.2, 0.25) is 5.91 Å². The number of hydrogen-bond donors (Lipinski definition) is 0. The average Bonchev–Trinajstić information content (AvgIpc) is 2.15. The number of nitrogens with zero attached hydrogens (tertiary/aromatic N) is 1.